The lowest BCUT2D eigenvalue weighted by Gasteiger charge is -2.23. The minimum Gasteiger partial charge on any atom is -0.496 e. The second kappa shape index (κ2) is 6.06. The van der Waals surface area contributed by atoms with Crippen LogP contribution < -0.4 is 10.5 Å². The number of methoxy groups -OCH3 is 1. The molecule has 1 rings (SSSR count). The number of carboxylic acid groups (broad SMARTS) is 1. The maximum Gasteiger partial charge on any atom is 0.303 e. The van der Waals surface area contributed by atoms with E-state index in [1.807, 2.05) is 33.8 Å². The fourth-order valence-electron chi connectivity index (χ4n) is 2.46. The quantitative estimate of drug-likeness (QED) is 0.858. The van der Waals surface area contributed by atoms with Crippen LogP contribution in [0.1, 0.15) is 41.6 Å². The zero-order valence-corrected chi connectivity index (χ0v) is 12.3. The molecule has 0 amide bonds. The van der Waals surface area contributed by atoms with Gasteiger partial charge in [0, 0.05) is 12.5 Å². The molecule has 1 aromatic carbocycles. The summed E-state index contributed by atoms with van der Waals surface area (Å²) in [5.74, 6) is -0.0507. The minimum atomic E-state index is -0.817. The summed E-state index contributed by atoms with van der Waals surface area (Å²) in [5.41, 5.74) is 10.4. The number of benzene rings is 1. The van der Waals surface area contributed by atoms with Crippen molar-refractivity contribution in [1.82, 2.24) is 0 Å². The van der Waals surface area contributed by atoms with E-state index in [0.29, 0.717) is 0 Å². The van der Waals surface area contributed by atoms with Gasteiger partial charge in [0.05, 0.1) is 7.11 Å². The summed E-state index contributed by atoms with van der Waals surface area (Å²) in [4.78, 5) is 10.8. The van der Waals surface area contributed by atoms with Crippen molar-refractivity contribution in [2.24, 2.45) is 11.7 Å². The van der Waals surface area contributed by atoms with Gasteiger partial charge in [0.2, 0.25) is 0 Å². The van der Waals surface area contributed by atoms with Gasteiger partial charge in [-0.1, -0.05) is 13.0 Å². The summed E-state index contributed by atoms with van der Waals surface area (Å²) >= 11 is 0. The highest BCUT2D eigenvalue weighted by atomic mass is 16.5. The summed E-state index contributed by atoms with van der Waals surface area (Å²) in [7, 11) is 1.65. The Balaban J connectivity index is 3.17. The van der Waals surface area contributed by atoms with Gasteiger partial charge in [-0.2, -0.15) is 0 Å². The fraction of sp³-hybridized carbons (Fsp3) is 0.533. The van der Waals surface area contributed by atoms with Crippen molar-refractivity contribution in [1.29, 1.82) is 0 Å². The highest BCUT2D eigenvalue weighted by Gasteiger charge is 2.22. The van der Waals surface area contributed by atoms with Gasteiger partial charge >= 0.3 is 5.97 Å². The molecule has 1 aromatic rings. The van der Waals surface area contributed by atoms with Crippen molar-refractivity contribution >= 4 is 5.97 Å². The monoisotopic (exact) mass is 265 g/mol. The largest absolute Gasteiger partial charge is 0.496 e. The average molecular weight is 265 g/mol. The van der Waals surface area contributed by atoms with Crippen LogP contribution in [0.15, 0.2) is 6.07 Å². The first-order chi connectivity index (χ1) is 8.79. The smallest absolute Gasteiger partial charge is 0.303 e. The molecule has 106 valence electrons. The number of hydrogen-bond acceptors (Lipinski definition) is 3. The molecule has 4 heteroatoms. The lowest BCUT2D eigenvalue weighted by Crippen LogP contribution is -2.23. The Morgan fingerprint density at radius 2 is 1.95 bits per heavy atom. The van der Waals surface area contributed by atoms with Crippen molar-refractivity contribution in [3.63, 3.8) is 0 Å². The van der Waals surface area contributed by atoms with Crippen LogP contribution in [-0.4, -0.2) is 18.2 Å². The van der Waals surface area contributed by atoms with E-state index >= 15 is 0 Å². The average Bonchev–Trinajstić information content (AvgIpc) is 2.32. The molecule has 0 saturated heterocycles. The fourth-order valence-corrected chi connectivity index (χ4v) is 2.46. The highest BCUT2D eigenvalue weighted by Crippen LogP contribution is 2.33. The molecule has 0 spiro atoms. The Hall–Kier alpha value is -1.55. The molecule has 2 unspecified atom stereocenters. The van der Waals surface area contributed by atoms with Crippen LogP contribution >= 0.6 is 0 Å². The number of carboxylic acids is 1. The Labute approximate surface area is 114 Å². The van der Waals surface area contributed by atoms with Crippen molar-refractivity contribution in [3.8, 4) is 5.75 Å². The summed E-state index contributed by atoms with van der Waals surface area (Å²) < 4.78 is 5.38. The number of rotatable bonds is 5. The van der Waals surface area contributed by atoms with Gasteiger partial charge in [0.25, 0.3) is 0 Å². The molecule has 0 aromatic heterocycles. The second-order valence-electron chi connectivity index (χ2n) is 5.17. The number of aliphatic carboxylic acids is 1. The predicted octanol–water partition coefficient (Wildman–Crippen LogP) is 2.73. The third-order valence-electron chi connectivity index (χ3n) is 3.74. The third-order valence-corrected chi connectivity index (χ3v) is 3.74. The van der Waals surface area contributed by atoms with Gasteiger partial charge in [0.15, 0.2) is 0 Å². The van der Waals surface area contributed by atoms with E-state index in [1.165, 1.54) is 0 Å². The lowest BCUT2D eigenvalue weighted by atomic mass is 9.87. The Morgan fingerprint density at radius 3 is 2.42 bits per heavy atom. The predicted molar refractivity (Wildman–Crippen MR) is 75.6 cm³/mol. The molecular weight excluding hydrogens is 242 g/mol. The van der Waals surface area contributed by atoms with Crippen LogP contribution in [0.5, 0.6) is 5.75 Å². The zero-order valence-electron chi connectivity index (χ0n) is 12.3. The number of hydrogen-bond donors (Lipinski definition) is 2. The van der Waals surface area contributed by atoms with Gasteiger partial charge in [0.1, 0.15) is 5.75 Å². The van der Waals surface area contributed by atoms with Crippen molar-refractivity contribution in [2.45, 2.75) is 40.2 Å². The summed E-state index contributed by atoms with van der Waals surface area (Å²) in [6.07, 6.45) is 0.0741. The van der Waals surface area contributed by atoms with Crippen LogP contribution in [0.25, 0.3) is 0 Å². The number of carbonyl (C=O) groups is 1. The van der Waals surface area contributed by atoms with E-state index in [-0.39, 0.29) is 18.4 Å². The molecule has 0 aliphatic heterocycles. The van der Waals surface area contributed by atoms with Crippen LogP contribution in [0, 0.1) is 26.7 Å². The van der Waals surface area contributed by atoms with E-state index in [2.05, 4.69) is 0 Å². The molecule has 4 nitrogen and oxygen atoms in total. The van der Waals surface area contributed by atoms with E-state index in [9.17, 15) is 4.79 Å². The standard InChI is InChI=1S/C15H23NO3/c1-8(7-13(17)18)14(16)12-6-9(2)15(19-5)11(4)10(12)3/h6,8,14H,7,16H2,1-5H3,(H,17,18). The molecule has 19 heavy (non-hydrogen) atoms. The first kappa shape index (κ1) is 15.5. The normalized spacial score (nSPS) is 14.0. The van der Waals surface area contributed by atoms with Crippen molar-refractivity contribution < 1.29 is 14.6 Å². The lowest BCUT2D eigenvalue weighted by molar-refractivity contribution is -0.138. The van der Waals surface area contributed by atoms with Gasteiger partial charge in [-0.15, -0.1) is 0 Å². The van der Waals surface area contributed by atoms with E-state index in [4.69, 9.17) is 15.6 Å². The van der Waals surface area contributed by atoms with Crippen LogP contribution in [-0.2, 0) is 4.79 Å². The molecule has 3 N–H and O–H groups in total. The van der Waals surface area contributed by atoms with E-state index in [0.717, 1.165) is 28.0 Å². The van der Waals surface area contributed by atoms with Crippen molar-refractivity contribution in [2.75, 3.05) is 7.11 Å². The Morgan fingerprint density at radius 1 is 1.37 bits per heavy atom. The molecule has 0 heterocycles. The molecular formula is C15H23NO3. The molecule has 2 atom stereocenters. The molecule has 0 saturated carbocycles. The molecule has 0 bridgehead atoms. The van der Waals surface area contributed by atoms with Gasteiger partial charge in [-0.25, -0.2) is 0 Å². The first-order valence-electron chi connectivity index (χ1n) is 6.41. The number of ether oxygens (including phenoxy) is 1. The van der Waals surface area contributed by atoms with Crippen molar-refractivity contribution in [3.05, 3.63) is 28.3 Å². The minimum absolute atomic E-state index is 0.0741. The molecule has 0 aliphatic carbocycles. The van der Waals surface area contributed by atoms with Gasteiger partial charge in [-0.05, 0) is 48.9 Å². The maximum absolute atomic E-state index is 10.8. The highest BCUT2D eigenvalue weighted by molar-refractivity contribution is 5.67. The third kappa shape index (κ3) is 3.26. The van der Waals surface area contributed by atoms with Crippen LogP contribution in [0.4, 0.5) is 0 Å². The maximum atomic E-state index is 10.8. The Bertz CT molecular complexity index is 483. The topological polar surface area (TPSA) is 72.5 Å². The number of aryl methyl sites for hydroxylation is 1. The molecule has 0 radical (unpaired) electrons. The van der Waals surface area contributed by atoms with Gasteiger partial charge in [-0.3, -0.25) is 4.79 Å². The molecule has 0 aliphatic rings. The second-order valence-corrected chi connectivity index (χ2v) is 5.17. The first-order valence-corrected chi connectivity index (χ1v) is 6.41. The van der Waals surface area contributed by atoms with Gasteiger partial charge < -0.3 is 15.6 Å². The molecule has 0 fully saturated rings. The number of nitrogens with two attached hydrogens (primary N) is 1. The summed E-state index contributed by atoms with van der Waals surface area (Å²) in [6, 6.07) is 1.73. The van der Waals surface area contributed by atoms with Crippen LogP contribution in [0.3, 0.4) is 0 Å². The summed E-state index contributed by atoms with van der Waals surface area (Å²) in [6.45, 7) is 7.84. The zero-order chi connectivity index (χ0) is 14.7. The van der Waals surface area contributed by atoms with E-state index in [1.54, 1.807) is 7.11 Å². The SMILES string of the molecule is COc1c(C)cc(C(N)C(C)CC(=O)O)c(C)c1C. The van der Waals surface area contributed by atoms with E-state index < -0.39 is 5.97 Å². The Kier molecular flexibility index (Phi) is 4.95. The van der Waals surface area contributed by atoms with Crippen LogP contribution in [0.2, 0.25) is 0 Å². The summed E-state index contributed by atoms with van der Waals surface area (Å²) in [5, 5.41) is 8.86.